The van der Waals surface area contributed by atoms with Gasteiger partial charge < -0.3 is 28.4 Å². The molecule has 40 heavy (non-hydrogen) atoms. The van der Waals surface area contributed by atoms with E-state index < -0.39 is 98.5 Å². The van der Waals surface area contributed by atoms with E-state index in [1.807, 2.05) is 0 Å². The van der Waals surface area contributed by atoms with E-state index in [9.17, 15) is 28.5 Å². The first-order valence-corrected chi connectivity index (χ1v) is 14.3. The Kier molecular flexibility index (Phi) is 12.8. The molecule has 14 nitrogen and oxygen atoms in total. The van der Waals surface area contributed by atoms with Gasteiger partial charge in [0.15, 0.2) is 18.3 Å². The van der Waals surface area contributed by atoms with Crippen LogP contribution in [0.4, 0.5) is 0 Å². The first-order chi connectivity index (χ1) is 18.2. The first kappa shape index (κ1) is 35.5. The second-order valence-corrected chi connectivity index (χ2v) is 13.4. The zero-order valence-electron chi connectivity index (χ0n) is 24.7. The van der Waals surface area contributed by atoms with Gasteiger partial charge in [-0.05, 0) is 48.5 Å². The van der Waals surface area contributed by atoms with E-state index in [2.05, 4.69) is 0 Å². The molecule has 0 radical (unpaired) electrons. The maximum atomic E-state index is 13.8. The summed E-state index contributed by atoms with van der Waals surface area (Å²) >= 11 is 0. The summed E-state index contributed by atoms with van der Waals surface area (Å²) < 4.78 is 56.5. The molecule has 5 unspecified atom stereocenters. The molecule has 5 atom stereocenters. The van der Waals surface area contributed by atoms with Crippen LogP contribution in [0.2, 0.25) is 0 Å². The third-order valence-electron chi connectivity index (χ3n) is 5.28. The molecule has 0 amide bonds. The summed E-state index contributed by atoms with van der Waals surface area (Å²) in [5, 5.41) is 0. The molecule has 0 aromatic rings. The van der Waals surface area contributed by atoms with E-state index in [0.717, 1.165) is 20.8 Å². The Morgan fingerprint density at radius 2 is 1.05 bits per heavy atom. The predicted octanol–water partition coefficient (Wildman–Crippen LogP) is 2.89. The van der Waals surface area contributed by atoms with Crippen molar-refractivity contribution in [3.8, 4) is 0 Å². The standard InChI is InChI=1S/C25H41O14P/c1-14-19(37-15(2)26)21(39-17(4)28)20(38-16(3)27)18(36-14)11-40(31,34-12-32-22(29)24(5,6)7)35-13-33-23(30)25(8,9)10/h14,18-21H,11-13H2,1-10H3. The molecule has 1 heterocycles. The zero-order chi connectivity index (χ0) is 31.1. The summed E-state index contributed by atoms with van der Waals surface area (Å²) in [5.41, 5.74) is -1.77. The Labute approximate surface area is 234 Å². The van der Waals surface area contributed by atoms with Crippen molar-refractivity contribution in [3.63, 3.8) is 0 Å². The molecular formula is C25H41O14P. The minimum absolute atomic E-state index is 0.625. The topological polar surface area (TPSA) is 176 Å². The summed E-state index contributed by atoms with van der Waals surface area (Å²) in [4.78, 5) is 59.9. The van der Waals surface area contributed by atoms with Crippen molar-refractivity contribution in [3.05, 3.63) is 0 Å². The van der Waals surface area contributed by atoms with Gasteiger partial charge in [0, 0.05) is 20.8 Å². The SMILES string of the molecule is CC(=O)OC1C(C)OC(CP(=O)(OCOC(=O)C(C)(C)C)OCOC(=O)C(C)(C)C)C(OC(C)=O)C1OC(C)=O. The van der Waals surface area contributed by atoms with Crippen LogP contribution < -0.4 is 0 Å². The maximum absolute atomic E-state index is 13.8. The van der Waals surface area contributed by atoms with Gasteiger partial charge in [-0.15, -0.1) is 0 Å². The van der Waals surface area contributed by atoms with E-state index in [1.54, 1.807) is 41.5 Å². The second-order valence-electron chi connectivity index (χ2n) is 11.3. The highest BCUT2D eigenvalue weighted by Gasteiger charge is 2.52. The van der Waals surface area contributed by atoms with E-state index in [4.69, 9.17) is 37.5 Å². The number of carbonyl (C=O) groups is 5. The Morgan fingerprint density at radius 3 is 1.43 bits per heavy atom. The molecule has 1 aliphatic heterocycles. The molecular weight excluding hydrogens is 555 g/mol. The van der Waals surface area contributed by atoms with Crippen LogP contribution in [0, 0.1) is 10.8 Å². The van der Waals surface area contributed by atoms with E-state index in [1.165, 1.54) is 6.92 Å². The lowest BCUT2D eigenvalue weighted by molar-refractivity contribution is -0.240. The normalized spacial score (nSPS) is 23.5. The smallest absolute Gasteiger partial charge is 0.339 e. The number of hydrogen-bond donors (Lipinski definition) is 0. The summed E-state index contributed by atoms with van der Waals surface area (Å²) in [6.07, 6.45) is -6.79. The molecule has 1 fully saturated rings. The number of ether oxygens (including phenoxy) is 6. The average Bonchev–Trinajstić information content (AvgIpc) is 2.76. The monoisotopic (exact) mass is 596 g/mol. The molecule has 1 saturated heterocycles. The highest BCUT2D eigenvalue weighted by atomic mass is 31.2. The molecule has 0 N–H and O–H groups in total. The van der Waals surface area contributed by atoms with Gasteiger partial charge in [-0.25, -0.2) is 0 Å². The van der Waals surface area contributed by atoms with Crippen LogP contribution in [0.15, 0.2) is 0 Å². The third-order valence-corrected chi connectivity index (χ3v) is 7.08. The fourth-order valence-electron chi connectivity index (χ4n) is 3.37. The number of rotatable bonds is 11. The molecule has 1 rings (SSSR count). The Morgan fingerprint density at radius 1 is 0.675 bits per heavy atom. The third kappa shape index (κ3) is 11.5. The van der Waals surface area contributed by atoms with Crippen molar-refractivity contribution in [2.45, 2.75) is 99.8 Å². The van der Waals surface area contributed by atoms with Crippen molar-refractivity contribution in [1.82, 2.24) is 0 Å². The number of hydrogen-bond acceptors (Lipinski definition) is 14. The van der Waals surface area contributed by atoms with Crippen LogP contribution in [0.3, 0.4) is 0 Å². The first-order valence-electron chi connectivity index (χ1n) is 12.6. The molecule has 0 aromatic heterocycles. The van der Waals surface area contributed by atoms with Gasteiger partial charge in [-0.1, -0.05) is 0 Å². The van der Waals surface area contributed by atoms with E-state index in [-0.39, 0.29) is 0 Å². The van der Waals surface area contributed by atoms with E-state index in [0.29, 0.717) is 0 Å². The Bertz CT molecular complexity index is 943. The minimum Gasteiger partial charge on any atom is -0.456 e. The average molecular weight is 597 g/mol. The number of carbonyl (C=O) groups excluding carboxylic acids is 5. The fraction of sp³-hybridized carbons (Fsp3) is 0.800. The van der Waals surface area contributed by atoms with Gasteiger partial charge in [0.1, 0.15) is 6.10 Å². The van der Waals surface area contributed by atoms with Crippen molar-refractivity contribution in [2.75, 3.05) is 19.7 Å². The van der Waals surface area contributed by atoms with Gasteiger partial charge in [0.05, 0.1) is 23.1 Å². The van der Waals surface area contributed by atoms with Crippen LogP contribution in [0.25, 0.3) is 0 Å². The van der Waals surface area contributed by atoms with Gasteiger partial charge in [-0.3, -0.25) is 37.6 Å². The summed E-state index contributed by atoms with van der Waals surface area (Å²) in [5.74, 6) is -3.60. The largest absolute Gasteiger partial charge is 0.456 e. The molecule has 0 aromatic carbocycles. The molecule has 15 heteroatoms. The van der Waals surface area contributed by atoms with Crippen LogP contribution in [0.5, 0.6) is 0 Å². The van der Waals surface area contributed by atoms with Gasteiger partial charge in [0.2, 0.25) is 13.6 Å². The second kappa shape index (κ2) is 14.4. The van der Waals surface area contributed by atoms with Crippen LogP contribution in [-0.2, 0) is 66.0 Å². The van der Waals surface area contributed by atoms with Crippen molar-refractivity contribution >= 4 is 37.4 Å². The van der Waals surface area contributed by atoms with Crippen molar-refractivity contribution in [1.29, 1.82) is 0 Å². The minimum atomic E-state index is -4.34. The maximum Gasteiger partial charge on any atom is 0.339 e. The molecule has 0 aliphatic carbocycles. The molecule has 0 bridgehead atoms. The van der Waals surface area contributed by atoms with E-state index >= 15 is 0 Å². The molecule has 230 valence electrons. The van der Waals surface area contributed by atoms with Crippen molar-refractivity contribution < 1.29 is 66.0 Å². The van der Waals surface area contributed by atoms with Crippen LogP contribution in [0.1, 0.15) is 69.2 Å². The molecule has 0 saturated carbocycles. The lowest BCUT2D eigenvalue weighted by Crippen LogP contribution is -2.61. The summed E-state index contributed by atoms with van der Waals surface area (Å²) in [6.45, 7) is 12.9. The Hall–Kier alpha value is -2.54. The lowest BCUT2D eigenvalue weighted by Gasteiger charge is -2.44. The molecule has 1 aliphatic rings. The van der Waals surface area contributed by atoms with Crippen LogP contribution >= 0.6 is 7.60 Å². The van der Waals surface area contributed by atoms with Crippen LogP contribution in [-0.4, -0.2) is 80.1 Å². The lowest BCUT2D eigenvalue weighted by atomic mass is 9.95. The quantitative estimate of drug-likeness (QED) is 0.147. The Balaban J connectivity index is 3.32. The van der Waals surface area contributed by atoms with Gasteiger partial charge in [0.25, 0.3) is 0 Å². The van der Waals surface area contributed by atoms with Gasteiger partial charge >= 0.3 is 37.4 Å². The fourth-order valence-corrected chi connectivity index (χ4v) is 4.82. The highest BCUT2D eigenvalue weighted by molar-refractivity contribution is 7.53. The zero-order valence-corrected chi connectivity index (χ0v) is 25.6. The number of esters is 5. The van der Waals surface area contributed by atoms with Gasteiger partial charge in [-0.2, -0.15) is 0 Å². The highest BCUT2D eigenvalue weighted by Crippen LogP contribution is 2.51. The van der Waals surface area contributed by atoms with Crippen molar-refractivity contribution in [2.24, 2.45) is 10.8 Å². The molecule has 0 spiro atoms. The summed E-state index contributed by atoms with van der Waals surface area (Å²) in [6, 6.07) is 0. The summed E-state index contributed by atoms with van der Waals surface area (Å²) in [7, 11) is -4.34. The predicted molar refractivity (Wildman–Crippen MR) is 136 cm³/mol.